The molecule has 0 saturated heterocycles. The van der Waals surface area contributed by atoms with Gasteiger partial charge < -0.3 is 20.1 Å². The Kier molecular flexibility index (Phi) is 5.66. The van der Waals surface area contributed by atoms with Crippen molar-refractivity contribution < 1.29 is 19.4 Å². The van der Waals surface area contributed by atoms with E-state index < -0.39 is 5.97 Å². The van der Waals surface area contributed by atoms with Crippen LogP contribution in [0.25, 0.3) is 0 Å². The van der Waals surface area contributed by atoms with E-state index in [9.17, 15) is 9.59 Å². The number of hydrogen-bond acceptors (Lipinski definition) is 4. The molecule has 0 spiro atoms. The number of rotatable bonds is 6. The Balaban J connectivity index is 1.50. The molecule has 1 aliphatic heterocycles. The highest BCUT2D eigenvalue weighted by Crippen LogP contribution is 2.27. The summed E-state index contributed by atoms with van der Waals surface area (Å²) in [6.45, 7) is 4.04. The molecule has 0 unspecified atom stereocenters. The maximum atomic E-state index is 12.6. The summed E-state index contributed by atoms with van der Waals surface area (Å²) >= 11 is 0. The Hall–Kier alpha value is -2.28. The molecule has 142 valence electrons. The Morgan fingerprint density at radius 2 is 2.12 bits per heavy atom. The molecular formula is C19H27N3O4. The van der Waals surface area contributed by atoms with Gasteiger partial charge in [-0.15, -0.1) is 0 Å². The first-order chi connectivity index (χ1) is 12.5. The largest absolute Gasteiger partial charge is 0.497 e. The number of amides is 2. The van der Waals surface area contributed by atoms with E-state index in [4.69, 9.17) is 9.84 Å². The van der Waals surface area contributed by atoms with Crippen LogP contribution in [0.4, 0.5) is 4.79 Å². The van der Waals surface area contributed by atoms with E-state index in [1.165, 1.54) is 5.56 Å². The molecule has 3 rings (SSSR count). The second kappa shape index (κ2) is 7.95. The molecule has 26 heavy (non-hydrogen) atoms. The molecule has 0 atom stereocenters. The summed E-state index contributed by atoms with van der Waals surface area (Å²) in [7, 11) is 1.64. The van der Waals surface area contributed by atoms with Crippen molar-refractivity contribution in [3.63, 3.8) is 0 Å². The SMILES string of the molecule is CCN(CC(=O)O)C1CC(NC(=O)N2CCc3ccc(OC)cc3C2)C1. The molecule has 7 nitrogen and oxygen atoms in total. The fourth-order valence-electron chi connectivity index (χ4n) is 3.78. The van der Waals surface area contributed by atoms with Gasteiger partial charge in [0.2, 0.25) is 0 Å². The molecule has 0 radical (unpaired) electrons. The summed E-state index contributed by atoms with van der Waals surface area (Å²) < 4.78 is 5.27. The van der Waals surface area contributed by atoms with E-state index in [1.54, 1.807) is 7.11 Å². The van der Waals surface area contributed by atoms with Crippen LogP contribution in [0.2, 0.25) is 0 Å². The molecule has 2 aliphatic rings. The topological polar surface area (TPSA) is 82.1 Å². The van der Waals surface area contributed by atoms with Gasteiger partial charge in [0.05, 0.1) is 13.7 Å². The number of methoxy groups -OCH3 is 1. The number of benzene rings is 1. The standard InChI is InChI=1S/C19H27N3O4/c1-3-21(12-18(23)24)16-9-15(10-16)20-19(25)22-7-6-13-4-5-17(26-2)8-14(13)11-22/h4-5,8,15-16H,3,6-7,9-12H2,1-2H3,(H,20,25)(H,23,24). The van der Waals surface area contributed by atoms with E-state index in [0.29, 0.717) is 19.6 Å². The highest BCUT2D eigenvalue weighted by atomic mass is 16.5. The second-order valence-electron chi connectivity index (χ2n) is 7.03. The van der Waals surface area contributed by atoms with E-state index in [1.807, 2.05) is 28.9 Å². The molecular weight excluding hydrogens is 334 g/mol. The molecule has 1 saturated carbocycles. The number of fused-ring (bicyclic) bond motifs is 1. The van der Waals surface area contributed by atoms with Crippen molar-refractivity contribution in [2.45, 2.75) is 44.8 Å². The summed E-state index contributed by atoms with van der Waals surface area (Å²) in [6, 6.07) is 6.36. The Bertz CT molecular complexity index is 673. The zero-order valence-electron chi connectivity index (χ0n) is 15.4. The van der Waals surface area contributed by atoms with Gasteiger partial charge in [0.15, 0.2) is 0 Å². The van der Waals surface area contributed by atoms with Gasteiger partial charge in [0.1, 0.15) is 5.75 Å². The second-order valence-corrected chi connectivity index (χ2v) is 7.03. The lowest BCUT2D eigenvalue weighted by Gasteiger charge is -2.43. The third-order valence-corrected chi connectivity index (χ3v) is 5.41. The molecule has 0 bridgehead atoms. The number of urea groups is 1. The third kappa shape index (κ3) is 4.09. The lowest BCUT2D eigenvalue weighted by atomic mass is 9.85. The molecule has 2 N–H and O–H groups in total. The van der Waals surface area contributed by atoms with Gasteiger partial charge >= 0.3 is 12.0 Å². The number of aliphatic carboxylic acids is 1. The Morgan fingerprint density at radius 3 is 2.77 bits per heavy atom. The molecule has 1 aromatic carbocycles. The summed E-state index contributed by atoms with van der Waals surface area (Å²) in [5.41, 5.74) is 2.40. The van der Waals surface area contributed by atoms with Crippen molar-refractivity contribution in [3.05, 3.63) is 29.3 Å². The number of carbonyl (C=O) groups excluding carboxylic acids is 1. The Labute approximate surface area is 153 Å². The number of carboxylic acid groups (broad SMARTS) is 1. The van der Waals surface area contributed by atoms with E-state index in [2.05, 4.69) is 11.4 Å². The number of ether oxygens (including phenoxy) is 1. The molecule has 1 aromatic rings. The minimum atomic E-state index is -0.804. The highest BCUT2D eigenvalue weighted by Gasteiger charge is 2.35. The first-order valence-electron chi connectivity index (χ1n) is 9.17. The van der Waals surface area contributed by atoms with Crippen LogP contribution in [-0.4, -0.2) is 65.7 Å². The minimum absolute atomic E-state index is 0.0387. The maximum Gasteiger partial charge on any atom is 0.317 e. The van der Waals surface area contributed by atoms with Crippen LogP contribution < -0.4 is 10.1 Å². The number of nitrogens with zero attached hydrogens (tertiary/aromatic N) is 2. The first kappa shape index (κ1) is 18.5. The lowest BCUT2D eigenvalue weighted by Crippen LogP contribution is -2.57. The number of carbonyl (C=O) groups is 2. The number of likely N-dealkylation sites (N-methyl/N-ethyl adjacent to an activating group) is 1. The zero-order chi connectivity index (χ0) is 18.7. The van der Waals surface area contributed by atoms with Gasteiger partial charge in [-0.1, -0.05) is 13.0 Å². The van der Waals surface area contributed by atoms with Crippen LogP contribution in [0.3, 0.4) is 0 Å². The van der Waals surface area contributed by atoms with Gasteiger partial charge in [-0.2, -0.15) is 0 Å². The number of hydrogen-bond donors (Lipinski definition) is 2. The summed E-state index contributed by atoms with van der Waals surface area (Å²) in [5.74, 6) is 0.00711. The summed E-state index contributed by atoms with van der Waals surface area (Å²) in [4.78, 5) is 27.3. The van der Waals surface area contributed by atoms with Crippen molar-refractivity contribution in [2.24, 2.45) is 0 Å². The average Bonchev–Trinajstić information content (AvgIpc) is 2.61. The van der Waals surface area contributed by atoms with Gasteiger partial charge in [-0.25, -0.2) is 4.79 Å². The molecule has 1 heterocycles. The number of carboxylic acids is 1. The van der Waals surface area contributed by atoms with E-state index >= 15 is 0 Å². The fourth-order valence-corrected chi connectivity index (χ4v) is 3.78. The van der Waals surface area contributed by atoms with Crippen molar-refractivity contribution in [1.29, 1.82) is 0 Å². The first-order valence-corrected chi connectivity index (χ1v) is 9.17. The zero-order valence-corrected chi connectivity index (χ0v) is 15.4. The number of nitrogens with one attached hydrogen (secondary N) is 1. The van der Waals surface area contributed by atoms with Gasteiger partial charge in [0, 0.05) is 25.2 Å². The van der Waals surface area contributed by atoms with E-state index in [-0.39, 0.29) is 24.7 Å². The van der Waals surface area contributed by atoms with Crippen molar-refractivity contribution in [2.75, 3.05) is 26.7 Å². The normalized spacial score (nSPS) is 21.7. The van der Waals surface area contributed by atoms with Crippen molar-refractivity contribution >= 4 is 12.0 Å². The van der Waals surface area contributed by atoms with Gasteiger partial charge in [-0.05, 0) is 49.1 Å². The smallest absolute Gasteiger partial charge is 0.317 e. The molecule has 0 aromatic heterocycles. The third-order valence-electron chi connectivity index (χ3n) is 5.41. The molecule has 1 fully saturated rings. The van der Waals surface area contributed by atoms with Crippen LogP contribution in [0.15, 0.2) is 18.2 Å². The quantitative estimate of drug-likeness (QED) is 0.806. The predicted molar refractivity (Wildman–Crippen MR) is 97.3 cm³/mol. The fraction of sp³-hybridized carbons (Fsp3) is 0.579. The van der Waals surface area contributed by atoms with Crippen LogP contribution in [-0.2, 0) is 17.8 Å². The van der Waals surface area contributed by atoms with Gasteiger partial charge in [0.25, 0.3) is 0 Å². The van der Waals surface area contributed by atoms with Crippen LogP contribution in [0.5, 0.6) is 5.75 Å². The Morgan fingerprint density at radius 1 is 1.35 bits per heavy atom. The summed E-state index contributed by atoms with van der Waals surface area (Å²) in [5, 5.41) is 12.0. The monoisotopic (exact) mass is 361 g/mol. The minimum Gasteiger partial charge on any atom is -0.497 e. The molecule has 7 heteroatoms. The van der Waals surface area contributed by atoms with Crippen molar-refractivity contribution in [1.82, 2.24) is 15.1 Å². The van der Waals surface area contributed by atoms with Gasteiger partial charge in [-0.3, -0.25) is 9.69 Å². The van der Waals surface area contributed by atoms with Crippen LogP contribution in [0.1, 0.15) is 30.9 Å². The molecule has 2 amide bonds. The lowest BCUT2D eigenvalue weighted by molar-refractivity contribution is -0.139. The van der Waals surface area contributed by atoms with Crippen molar-refractivity contribution in [3.8, 4) is 5.75 Å². The predicted octanol–water partition coefficient (Wildman–Crippen LogP) is 1.70. The van der Waals surface area contributed by atoms with Crippen LogP contribution >= 0.6 is 0 Å². The van der Waals surface area contributed by atoms with E-state index in [0.717, 1.165) is 30.6 Å². The maximum absolute atomic E-state index is 12.6. The average molecular weight is 361 g/mol. The summed E-state index contributed by atoms with van der Waals surface area (Å²) in [6.07, 6.45) is 2.47. The molecule has 1 aliphatic carbocycles. The highest BCUT2D eigenvalue weighted by molar-refractivity contribution is 5.75. The van der Waals surface area contributed by atoms with Crippen LogP contribution in [0, 0.1) is 0 Å².